The lowest BCUT2D eigenvalue weighted by Crippen LogP contribution is -2.21. The number of fused-ring (bicyclic) bond motifs is 4. The Kier molecular flexibility index (Phi) is 9.64. The molecule has 156 valence electrons. The van der Waals surface area contributed by atoms with Gasteiger partial charge in [-0.2, -0.15) is 0 Å². The third-order valence-corrected chi connectivity index (χ3v) is 4.45. The van der Waals surface area contributed by atoms with Crippen LogP contribution in [-0.2, 0) is 0 Å². The molecule has 0 atom stereocenters. The van der Waals surface area contributed by atoms with Crippen LogP contribution in [0.15, 0.2) is 68.5 Å². The minimum absolute atomic E-state index is 0.745. The standard InChI is InChI=1S/C24H30N6/c1-3-21-15-22(4-1)18-28-12-8-26-10-14-30-20-24-6-2-5-23(16-24)19-29-13-9-25-7-11-27-17-21/h1-6,15-20,25-26H,7-14H2. The zero-order chi connectivity index (χ0) is 20.7. The van der Waals surface area contributed by atoms with Crippen LogP contribution in [0.3, 0.4) is 0 Å². The lowest BCUT2D eigenvalue weighted by molar-refractivity contribution is 0.699. The Morgan fingerprint density at radius 2 is 0.767 bits per heavy atom. The lowest BCUT2D eigenvalue weighted by Gasteiger charge is -2.02. The van der Waals surface area contributed by atoms with Gasteiger partial charge in [0.25, 0.3) is 0 Å². The molecule has 1 aliphatic heterocycles. The Bertz CT molecular complexity index is 749. The number of benzene rings is 2. The fourth-order valence-electron chi connectivity index (χ4n) is 2.94. The van der Waals surface area contributed by atoms with Gasteiger partial charge in [0, 0.05) is 51.0 Å². The van der Waals surface area contributed by atoms with Crippen LogP contribution in [0.2, 0.25) is 0 Å². The lowest BCUT2D eigenvalue weighted by atomic mass is 10.1. The molecule has 0 amide bonds. The minimum atomic E-state index is 0.745. The summed E-state index contributed by atoms with van der Waals surface area (Å²) in [6.45, 7) is 6.34. The number of nitrogens with zero attached hydrogens (tertiary/aromatic N) is 4. The first-order chi connectivity index (χ1) is 14.9. The maximum atomic E-state index is 4.50. The van der Waals surface area contributed by atoms with Crippen LogP contribution in [0.25, 0.3) is 0 Å². The molecule has 0 saturated heterocycles. The van der Waals surface area contributed by atoms with Gasteiger partial charge >= 0.3 is 0 Å². The van der Waals surface area contributed by atoms with Gasteiger partial charge in [-0.15, -0.1) is 0 Å². The molecular formula is C24H30N6. The molecule has 30 heavy (non-hydrogen) atoms. The van der Waals surface area contributed by atoms with E-state index in [1.165, 1.54) is 0 Å². The first-order valence-corrected chi connectivity index (χ1v) is 10.5. The highest BCUT2D eigenvalue weighted by atomic mass is 14.9. The Hall–Kier alpha value is -2.96. The van der Waals surface area contributed by atoms with E-state index in [1.54, 1.807) is 0 Å². The van der Waals surface area contributed by atoms with Crippen molar-refractivity contribution < 1.29 is 0 Å². The predicted octanol–water partition coefficient (Wildman–Crippen LogP) is 2.26. The Balaban J connectivity index is 1.58. The number of nitrogens with one attached hydrogen (secondary N) is 2. The van der Waals surface area contributed by atoms with Gasteiger partial charge < -0.3 is 10.6 Å². The Labute approximate surface area is 179 Å². The van der Waals surface area contributed by atoms with Crippen LogP contribution in [0.1, 0.15) is 22.3 Å². The first kappa shape index (κ1) is 21.7. The molecule has 0 radical (unpaired) electrons. The molecule has 4 bridgehead atoms. The fourth-order valence-corrected chi connectivity index (χ4v) is 2.94. The summed E-state index contributed by atoms with van der Waals surface area (Å²) in [6, 6.07) is 16.5. The summed E-state index contributed by atoms with van der Waals surface area (Å²) in [5, 5.41) is 6.75. The smallest absolute Gasteiger partial charge is 0.0514 e. The van der Waals surface area contributed by atoms with Crippen molar-refractivity contribution in [3.05, 3.63) is 70.8 Å². The van der Waals surface area contributed by atoms with E-state index in [-0.39, 0.29) is 0 Å². The molecule has 3 rings (SSSR count). The second-order valence-electron chi connectivity index (χ2n) is 6.98. The van der Waals surface area contributed by atoms with Crippen molar-refractivity contribution in [1.29, 1.82) is 0 Å². The maximum absolute atomic E-state index is 4.50. The SMILES string of the molecule is C1=NCCNCCN=Cc2cccc(c2)C=NCCNCCN=Cc2cccc1c2. The summed E-state index contributed by atoms with van der Waals surface area (Å²) in [5.74, 6) is 0. The van der Waals surface area contributed by atoms with E-state index >= 15 is 0 Å². The van der Waals surface area contributed by atoms with E-state index < -0.39 is 0 Å². The number of rotatable bonds is 0. The minimum Gasteiger partial charge on any atom is -0.313 e. The molecule has 1 aliphatic rings. The molecular weight excluding hydrogens is 372 g/mol. The van der Waals surface area contributed by atoms with E-state index in [0.717, 1.165) is 74.6 Å². The highest BCUT2D eigenvalue weighted by Crippen LogP contribution is 2.02. The average Bonchev–Trinajstić information content (AvgIpc) is 2.77. The predicted molar refractivity (Wildman–Crippen MR) is 128 cm³/mol. The van der Waals surface area contributed by atoms with Crippen molar-refractivity contribution in [2.45, 2.75) is 0 Å². The molecule has 1 heterocycles. The van der Waals surface area contributed by atoms with Crippen molar-refractivity contribution in [3.8, 4) is 0 Å². The van der Waals surface area contributed by atoms with E-state index in [9.17, 15) is 0 Å². The molecule has 0 saturated carbocycles. The molecule has 6 heteroatoms. The van der Waals surface area contributed by atoms with Crippen molar-refractivity contribution in [1.82, 2.24) is 10.6 Å². The van der Waals surface area contributed by atoms with Crippen molar-refractivity contribution in [3.63, 3.8) is 0 Å². The normalized spacial score (nSPS) is 16.8. The molecule has 2 aromatic carbocycles. The Morgan fingerprint density at radius 1 is 0.467 bits per heavy atom. The van der Waals surface area contributed by atoms with E-state index in [0.29, 0.717) is 0 Å². The zero-order valence-electron chi connectivity index (χ0n) is 17.4. The molecule has 2 aromatic rings. The van der Waals surface area contributed by atoms with Gasteiger partial charge in [-0.3, -0.25) is 20.0 Å². The van der Waals surface area contributed by atoms with Crippen molar-refractivity contribution >= 4 is 24.9 Å². The molecule has 2 N–H and O–H groups in total. The highest BCUT2D eigenvalue weighted by Gasteiger charge is 1.94. The van der Waals surface area contributed by atoms with Crippen LogP contribution in [-0.4, -0.2) is 77.2 Å². The molecule has 0 aromatic heterocycles. The van der Waals surface area contributed by atoms with Gasteiger partial charge in [-0.25, -0.2) is 0 Å². The van der Waals surface area contributed by atoms with Gasteiger partial charge in [-0.05, 0) is 34.4 Å². The molecule has 0 fully saturated rings. The summed E-state index contributed by atoms with van der Waals surface area (Å²) >= 11 is 0. The zero-order valence-corrected chi connectivity index (χ0v) is 17.4. The van der Waals surface area contributed by atoms with Crippen LogP contribution in [0.4, 0.5) is 0 Å². The summed E-state index contributed by atoms with van der Waals surface area (Å²) in [4.78, 5) is 18.0. The fraction of sp³-hybridized carbons (Fsp3) is 0.333. The molecule has 6 nitrogen and oxygen atoms in total. The monoisotopic (exact) mass is 402 g/mol. The maximum Gasteiger partial charge on any atom is 0.0514 e. The Morgan fingerprint density at radius 3 is 1.07 bits per heavy atom. The van der Waals surface area contributed by atoms with Crippen LogP contribution >= 0.6 is 0 Å². The van der Waals surface area contributed by atoms with Gasteiger partial charge in [0.15, 0.2) is 0 Å². The number of hydrogen-bond acceptors (Lipinski definition) is 6. The summed E-state index contributed by atoms with van der Waals surface area (Å²) in [5.41, 5.74) is 4.37. The molecule has 0 spiro atoms. The first-order valence-electron chi connectivity index (χ1n) is 10.5. The summed E-state index contributed by atoms with van der Waals surface area (Å²) in [6.07, 6.45) is 7.69. The second-order valence-corrected chi connectivity index (χ2v) is 6.98. The largest absolute Gasteiger partial charge is 0.313 e. The van der Waals surface area contributed by atoms with Crippen LogP contribution < -0.4 is 10.6 Å². The number of aliphatic imine (C=N–C) groups is 4. The van der Waals surface area contributed by atoms with Crippen LogP contribution in [0.5, 0.6) is 0 Å². The van der Waals surface area contributed by atoms with Gasteiger partial charge in [0.05, 0.1) is 26.2 Å². The molecule has 0 aliphatic carbocycles. The summed E-state index contributed by atoms with van der Waals surface area (Å²) < 4.78 is 0. The van der Waals surface area contributed by atoms with Crippen molar-refractivity contribution in [2.24, 2.45) is 20.0 Å². The summed E-state index contributed by atoms with van der Waals surface area (Å²) in [7, 11) is 0. The van der Waals surface area contributed by atoms with Crippen LogP contribution in [0, 0.1) is 0 Å². The van der Waals surface area contributed by atoms with E-state index in [1.807, 2.05) is 37.0 Å². The second kappa shape index (κ2) is 13.3. The quantitative estimate of drug-likeness (QED) is 0.709. The average molecular weight is 403 g/mol. The topological polar surface area (TPSA) is 73.5 Å². The van der Waals surface area contributed by atoms with E-state index in [2.05, 4.69) is 67.0 Å². The third kappa shape index (κ3) is 8.59. The van der Waals surface area contributed by atoms with E-state index in [4.69, 9.17) is 0 Å². The van der Waals surface area contributed by atoms with Gasteiger partial charge in [0.1, 0.15) is 0 Å². The highest BCUT2D eigenvalue weighted by molar-refractivity contribution is 5.86. The third-order valence-electron chi connectivity index (χ3n) is 4.45. The van der Waals surface area contributed by atoms with Crippen molar-refractivity contribution in [2.75, 3.05) is 52.4 Å². The molecule has 0 unspecified atom stereocenters. The van der Waals surface area contributed by atoms with Gasteiger partial charge in [-0.1, -0.05) is 36.4 Å². The van der Waals surface area contributed by atoms with Gasteiger partial charge in [0.2, 0.25) is 0 Å². The number of hydrogen-bond donors (Lipinski definition) is 2.